The number of piperidine rings is 2. The zero-order chi connectivity index (χ0) is 23.2. The van der Waals surface area contributed by atoms with Crippen LogP contribution in [0.25, 0.3) is 5.70 Å². The van der Waals surface area contributed by atoms with Crippen LogP contribution in [0.15, 0.2) is 49.0 Å². The number of urea groups is 1. The van der Waals surface area contributed by atoms with E-state index in [0.29, 0.717) is 11.5 Å². The lowest BCUT2D eigenvalue weighted by Gasteiger charge is -2.35. The molecule has 2 aromatic carbocycles. The van der Waals surface area contributed by atoms with E-state index in [0.717, 1.165) is 74.4 Å². The standard InChI is InChI=1S/C27H33N5O/c1-19-5-8-24(16-26(19)31-27(33)30-25-4-3-13-29-18-25)20(2)32-14-11-23(12-15-32)22-9-6-21(17-28)7-10-22/h5-10,16,23,25,29H,2-4,11-15,18H2,1H3,(H2,30,31,33). The zero-order valence-corrected chi connectivity index (χ0v) is 19.4. The van der Waals surface area contributed by atoms with Gasteiger partial charge in [-0.2, -0.15) is 5.26 Å². The maximum Gasteiger partial charge on any atom is 0.319 e. The summed E-state index contributed by atoms with van der Waals surface area (Å²) in [6, 6.07) is 16.3. The Bertz CT molecular complexity index is 1030. The summed E-state index contributed by atoms with van der Waals surface area (Å²) in [6.07, 6.45) is 4.20. The molecule has 0 aromatic heterocycles. The number of carbonyl (C=O) groups is 1. The van der Waals surface area contributed by atoms with E-state index in [9.17, 15) is 4.79 Å². The molecule has 2 aromatic rings. The predicted octanol–water partition coefficient (Wildman–Crippen LogP) is 4.59. The quantitative estimate of drug-likeness (QED) is 0.631. The molecular formula is C27H33N5O. The van der Waals surface area contributed by atoms with Crippen molar-refractivity contribution in [1.82, 2.24) is 15.5 Å². The van der Waals surface area contributed by atoms with Crippen molar-refractivity contribution >= 4 is 17.4 Å². The summed E-state index contributed by atoms with van der Waals surface area (Å²) in [4.78, 5) is 14.9. The summed E-state index contributed by atoms with van der Waals surface area (Å²) in [5, 5.41) is 18.4. The minimum atomic E-state index is -0.155. The number of nitrogens with one attached hydrogen (secondary N) is 3. The molecule has 1 unspecified atom stereocenters. The maximum absolute atomic E-state index is 12.5. The molecule has 2 aliphatic rings. The molecule has 2 saturated heterocycles. The van der Waals surface area contributed by atoms with Gasteiger partial charge in [-0.05, 0) is 80.0 Å². The van der Waals surface area contributed by atoms with Crippen molar-refractivity contribution in [3.8, 4) is 6.07 Å². The monoisotopic (exact) mass is 443 g/mol. The summed E-state index contributed by atoms with van der Waals surface area (Å²) < 4.78 is 0. The van der Waals surface area contributed by atoms with Gasteiger partial charge in [0, 0.05) is 37.1 Å². The number of hydrogen-bond donors (Lipinski definition) is 3. The molecule has 2 amide bonds. The van der Waals surface area contributed by atoms with Crippen LogP contribution in [0.1, 0.15) is 53.9 Å². The Morgan fingerprint density at radius 3 is 2.58 bits per heavy atom. The van der Waals surface area contributed by atoms with Crippen molar-refractivity contribution in [2.75, 3.05) is 31.5 Å². The summed E-state index contributed by atoms with van der Waals surface area (Å²) >= 11 is 0. The first kappa shape index (κ1) is 22.9. The summed E-state index contributed by atoms with van der Waals surface area (Å²) in [5.41, 5.74) is 5.89. The van der Waals surface area contributed by atoms with Crippen molar-refractivity contribution in [3.05, 3.63) is 71.3 Å². The average Bonchev–Trinajstić information content (AvgIpc) is 2.86. The SMILES string of the molecule is C=C(c1ccc(C)c(NC(=O)NC2CCCNC2)c1)N1CCC(c2ccc(C#N)cc2)CC1. The van der Waals surface area contributed by atoms with E-state index in [1.807, 2.05) is 31.2 Å². The second-order valence-corrected chi connectivity index (χ2v) is 9.11. The molecular weight excluding hydrogens is 410 g/mol. The minimum Gasteiger partial charge on any atom is -0.371 e. The molecule has 2 heterocycles. The number of amides is 2. The molecule has 0 radical (unpaired) electrons. The first-order chi connectivity index (χ1) is 16.0. The van der Waals surface area contributed by atoms with Gasteiger partial charge in [0.1, 0.15) is 0 Å². The first-order valence-corrected chi connectivity index (χ1v) is 11.9. The maximum atomic E-state index is 12.5. The van der Waals surface area contributed by atoms with Crippen LogP contribution in [-0.4, -0.2) is 43.2 Å². The Kier molecular flexibility index (Phi) is 7.31. The van der Waals surface area contributed by atoms with Crippen LogP contribution < -0.4 is 16.0 Å². The van der Waals surface area contributed by atoms with Crippen molar-refractivity contribution in [3.63, 3.8) is 0 Å². The molecule has 2 fully saturated rings. The van der Waals surface area contributed by atoms with Crippen LogP contribution in [0.2, 0.25) is 0 Å². The second-order valence-electron chi connectivity index (χ2n) is 9.11. The molecule has 4 rings (SSSR count). The van der Waals surface area contributed by atoms with Gasteiger partial charge in [0.15, 0.2) is 0 Å². The van der Waals surface area contributed by atoms with E-state index in [1.165, 1.54) is 5.56 Å². The smallest absolute Gasteiger partial charge is 0.319 e. The van der Waals surface area contributed by atoms with E-state index in [-0.39, 0.29) is 12.1 Å². The van der Waals surface area contributed by atoms with Crippen LogP contribution in [0.5, 0.6) is 0 Å². The molecule has 6 heteroatoms. The van der Waals surface area contributed by atoms with Crippen LogP contribution in [0, 0.1) is 18.3 Å². The topological polar surface area (TPSA) is 80.2 Å². The molecule has 0 aliphatic carbocycles. The minimum absolute atomic E-state index is 0.155. The van der Waals surface area contributed by atoms with Crippen molar-refractivity contribution in [1.29, 1.82) is 5.26 Å². The molecule has 3 N–H and O–H groups in total. The van der Waals surface area contributed by atoms with Gasteiger partial charge in [0.2, 0.25) is 0 Å². The largest absolute Gasteiger partial charge is 0.371 e. The predicted molar refractivity (Wildman–Crippen MR) is 133 cm³/mol. The lowest BCUT2D eigenvalue weighted by atomic mass is 9.88. The molecule has 172 valence electrons. The molecule has 1 atom stereocenters. The fourth-order valence-electron chi connectivity index (χ4n) is 4.75. The van der Waals surface area contributed by atoms with Gasteiger partial charge in [0.05, 0.1) is 11.6 Å². The van der Waals surface area contributed by atoms with Gasteiger partial charge >= 0.3 is 6.03 Å². The lowest BCUT2D eigenvalue weighted by molar-refractivity contribution is 0.245. The zero-order valence-electron chi connectivity index (χ0n) is 19.4. The summed E-state index contributed by atoms with van der Waals surface area (Å²) in [5.74, 6) is 0.509. The van der Waals surface area contributed by atoms with Crippen LogP contribution in [-0.2, 0) is 0 Å². The number of likely N-dealkylation sites (tertiary alicyclic amines) is 1. The third-order valence-corrected chi connectivity index (χ3v) is 6.84. The Hall–Kier alpha value is -3.30. The molecule has 0 bridgehead atoms. The van der Waals surface area contributed by atoms with E-state index in [1.54, 1.807) is 0 Å². The molecule has 0 spiro atoms. The number of nitrogens with zero attached hydrogens (tertiary/aromatic N) is 2. The number of nitriles is 1. The molecule has 33 heavy (non-hydrogen) atoms. The Morgan fingerprint density at radius 1 is 1.15 bits per heavy atom. The molecule has 6 nitrogen and oxygen atoms in total. The van der Waals surface area contributed by atoms with Crippen molar-refractivity contribution in [2.24, 2.45) is 0 Å². The highest BCUT2D eigenvalue weighted by molar-refractivity contribution is 5.91. The van der Waals surface area contributed by atoms with E-state index < -0.39 is 0 Å². The number of benzene rings is 2. The van der Waals surface area contributed by atoms with E-state index in [4.69, 9.17) is 5.26 Å². The second kappa shape index (κ2) is 10.5. The highest BCUT2D eigenvalue weighted by atomic mass is 16.2. The Labute approximate surface area is 196 Å². The van der Waals surface area contributed by atoms with Crippen LogP contribution in [0.3, 0.4) is 0 Å². The van der Waals surface area contributed by atoms with Crippen LogP contribution in [0.4, 0.5) is 10.5 Å². The number of anilines is 1. The third kappa shape index (κ3) is 5.74. The fourth-order valence-corrected chi connectivity index (χ4v) is 4.75. The van der Waals surface area contributed by atoms with Gasteiger partial charge in [0.25, 0.3) is 0 Å². The number of carbonyl (C=O) groups excluding carboxylic acids is 1. The lowest BCUT2D eigenvalue weighted by Crippen LogP contribution is -2.47. The molecule has 2 aliphatic heterocycles. The molecule has 0 saturated carbocycles. The van der Waals surface area contributed by atoms with Crippen LogP contribution >= 0.6 is 0 Å². The summed E-state index contributed by atoms with van der Waals surface area (Å²) in [6.45, 7) is 10.1. The van der Waals surface area contributed by atoms with E-state index >= 15 is 0 Å². The van der Waals surface area contributed by atoms with Gasteiger partial charge in [-0.15, -0.1) is 0 Å². The Balaban J connectivity index is 1.35. The Morgan fingerprint density at radius 2 is 1.91 bits per heavy atom. The normalized spacial score (nSPS) is 18.9. The number of aryl methyl sites for hydroxylation is 1. The van der Waals surface area contributed by atoms with E-state index in [2.05, 4.69) is 51.7 Å². The van der Waals surface area contributed by atoms with Gasteiger partial charge in [-0.1, -0.05) is 30.8 Å². The number of hydrogen-bond acceptors (Lipinski definition) is 4. The van der Waals surface area contributed by atoms with Crippen molar-refractivity contribution in [2.45, 2.75) is 44.6 Å². The average molecular weight is 444 g/mol. The van der Waals surface area contributed by atoms with Crippen molar-refractivity contribution < 1.29 is 4.79 Å². The van der Waals surface area contributed by atoms with Gasteiger partial charge in [-0.3, -0.25) is 0 Å². The van der Waals surface area contributed by atoms with Gasteiger partial charge < -0.3 is 20.9 Å². The third-order valence-electron chi connectivity index (χ3n) is 6.84. The number of rotatable bonds is 5. The summed E-state index contributed by atoms with van der Waals surface area (Å²) in [7, 11) is 0. The fraction of sp³-hybridized carbons (Fsp3) is 0.407. The van der Waals surface area contributed by atoms with Gasteiger partial charge in [-0.25, -0.2) is 4.79 Å². The highest BCUT2D eigenvalue weighted by Crippen LogP contribution is 2.32. The first-order valence-electron chi connectivity index (χ1n) is 11.9. The highest BCUT2D eigenvalue weighted by Gasteiger charge is 2.22.